The SMILES string of the molecule is CCCCCN(C(=O)C(CCSC)NC(=O)OC(C)(C)C)C(C(=O)NC(Cc1ccccc1)C(=O)OC(C)(C)C)c1cccc(C)c1O. The predicted molar refractivity (Wildman–Crippen MR) is 191 cm³/mol. The van der Waals surface area contributed by atoms with Crippen LogP contribution in [-0.2, 0) is 30.3 Å². The minimum Gasteiger partial charge on any atom is -0.507 e. The van der Waals surface area contributed by atoms with Crippen LogP contribution < -0.4 is 10.6 Å². The highest BCUT2D eigenvalue weighted by Crippen LogP contribution is 2.33. The summed E-state index contributed by atoms with van der Waals surface area (Å²) >= 11 is 1.52. The number of nitrogens with zero attached hydrogens (tertiary/aromatic N) is 1. The molecule has 0 bridgehead atoms. The van der Waals surface area contributed by atoms with Gasteiger partial charge in [0.15, 0.2) is 0 Å². The lowest BCUT2D eigenvalue weighted by atomic mass is 9.97. The first-order chi connectivity index (χ1) is 22.5. The fourth-order valence-electron chi connectivity index (χ4n) is 5.06. The average Bonchev–Trinajstić information content (AvgIpc) is 2.98. The molecule has 0 aliphatic carbocycles. The first-order valence-corrected chi connectivity index (χ1v) is 18.0. The van der Waals surface area contributed by atoms with E-state index in [1.165, 1.54) is 16.7 Å². The molecule has 0 radical (unpaired) electrons. The van der Waals surface area contributed by atoms with E-state index in [2.05, 4.69) is 10.6 Å². The second-order valence-electron chi connectivity index (χ2n) is 13.9. The Morgan fingerprint density at radius 2 is 1.52 bits per heavy atom. The predicted octanol–water partition coefficient (Wildman–Crippen LogP) is 6.48. The number of nitrogens with one attached hydrogen (secondary N) is 2. The number of ether oxygens (including phenoxy) is 2. The molecule has 2 aromatic rings. The van der Waals surface area contributed by atoms with Crippen LogP contribution >= 0.6 is 11.8 Å². The summed E-state index contributed by atoms with van der Waals surface area (Å²) in [6.07, 6.45) is 3.79. The number of aryl methyl sites for hydroxylation is 1. The van der Waals surface area contributed by atoms with Gasteiger partial charge < -0.3 is 30.1 Å². The molecule has 266 valence electrons. The molecule has 10 nitrogen and oxygen atoms in total. The fourth-order valence-corrected chi connectivity index (χ4v) is 5.53. The number of unbranched alkanes of at least 4 members (excludes halogenated alkanes) is 2. The molecule has 0 spiro atoms. The number of para-hydroxylation sites is 1. The molecule has 3 unspecified atom stereocenters. The Kier molecular flexibility index (Phi) is 15.8. The van der Waals surface area contributed by atoms with Crippen LogP contribution in [0.5, 0.6) is 5.75 Å². The maximum Gasteiger partial charge on any atom is 0.408 e. The van der Waals surface area contributed by atoms with Crippen LogP contribution in [0.1, 0.15) is 96.9 Å². The largest absolute Gasteiger partial charge is 0.507 e. The Bertz CT molecular complexity index is 1350. The van der Waals surface area contributed by atoms with E-state index in [4.69, 9.17) is 9.47 Å². The van der Waals surface area contributed by atoms with Crippen molar-refractivity contribution in [2.45, 2.75) is 117 Å². The van der Waals surface area contributed by atoms with Crippen LogP contribution in [0.2, 0.25) is 0 Å². The number of aromatic hydroxyl groups is 1. The summed E-state index contributed by atoms with van der Waals surface area (Å²) in [5.74, 6) is -1.36. The second kappa shape index (κ2) is 18.7. The van der Waals surface area contributed by atoms with Crippen LogP contribution in [0.4, 0.5) is 4.79 Å². The van der Waals surface area contributed by atoms with Gasteiger partial charge in [-0.25, -0.2) is 9.59 Å². The summed E-state index contributed by atoms with van der Waals surface area (Å²) in [5.41, 5.74) is -0.0714. The van der Waals surface area contributed by atoms with Gasteiger partial charge in [-0.2, -0.15) is 11.8 Å². The van der Waals surface area contributed by atoms with Crippen LogP contribution in [0.15, 0.2) is 48.5 Å². The lowest BCUT2D eigenvalue weighted by molar-refractivity contribution is -0.159. The van der Waals surface area contributed by atoms with Gasteiger partial charge in [-0.05, 0) is 84.4 Å². The van der Waals surface area contributed by atoms with Crippen LogP contribution in [0.25, 0.3) is 0 Å². The van der Waals surface area contributed by atoms with Crippen molar-refractivity contribution in [3.05, 3.63) is 65.2 Å². The molecule has 0 fully saturated rings. The van der Waals surface area contributed by atoms with Crippen molar-refractivity contribution in [2.75, 3.05) is 18.6 Å². The normalized spacial score (nSPS) is 13.5. The lowest BCUT2D eigenvalue weighted by Crippen LogP contribution is -2.55. The lowest BCUT2D eigenvalue weighted by Gasteiger charge is -2.36. The molecule has 0 aliphatic rings. The molecular formula is C37H55N3O7S. The minimum absolute atomic E-state index is 0.136. The molecule has 3 atom stereocenters. The highest BCUT2D eigenvalue weighted by atomic mass is 32.2. The number of carbonyl (C=O) groups is 4. The van der Waals surface area contributed by atoms with Crippen molar-refractivity contribution in [1.29, 1.82) is 0 Å². The Labute approximate surface area is 290 Å². The van der Waals surface area contributed by atoms with Gasteiger partial charge >= 0.3 is 12.1 Å². The van der Waals surface area contributed by atoms with E-state index in [1.54, 1.807) is 66.7 Å². The standard InChI is InChI=1S/C37H55N3O7S/c1-10-11-15-22-40(33(43)28(21-23-48-9)39-35(45)47-37(6,7)8)30(27-20-16-17-25(2)31(27)41)32(42)38-29(34(44)46-36(3,4)5)24-26-18-13-12-14-19-26/h12-14,16-20,28-30,41H,10-11,15,21-24H2,1-9H3,(H,38,42)(H,39,45). The summed E-state index contributed by atoms with van der Waals surface area (Å²) in [6, 6.07) is 10.8. The number of phenols is 1. The smallest absolute Gasteiger partial charge is 0.408 e. The van der Waals surface area contributed by atoms with Crippen molar-refractivity contribution in [1.82, 2.24) is 15.5 Å². The van der Waals surface area contributed by atoms with E-state index in [0.29, 0.717) is 17.7 Å². The van der Waals surface area contributed by atoms with Gasteiger partial charge in [0.2, 0.25) is 11.8 Å². The van der Waals surface area contributed by atoms with Gasteiger partial charge in [0.25, 0.3) is 0 Å². The number of rotatable bonds is 16. The average molecular weight is 686 g/mol. The van der Waals surface area contributed by atoms with Crippen molar-refractivity contribution >= 4 is 35.6 Å². The zero-order valence-corrected chi connectivity index (χ0v) is 30.9. The monoisotopic (exact) mass is 685 g/mol. The summed E-state index contributed by atoms with van der Waals surface area (Å²) < 4.78 is 11.2. The zero-order chi connectivity index (χ0) is 36.1. The maximum absolute atomic E-state index is 14.6. The molecule has 11 heteroatoms. The molecule has 3 N–H and O–H groups in total. The molecule has 0 aliphatic heterocycles. The molecule has 3 amide bonds. The van der Waals surface area contributed by atoms with E-state index in [9.17, 15) is 24.3 Å². The number of amides is 3. The third-order valence-electron chi connectivity index (χ3n) is 7.30. The molecule has 48 heavy (non-hydrogen) atoms. The van der Waals surface area contributed by atoms with E-state index < -0.39 is 53.2 Å². The molecule has 2 aromatic carbocycles. The Morgan fingerprint density at radius 3 is 2.10 bits per heavy atom. The zero-order valence-electron chi connectivity index (χ0n) is 30.1. The van der Waals surface area contributed by atoms with E-state index in [-0.39, 0.29) is 30.7 Å². The van der Waals surface area contributed by atoms with Crippen molar-refractivity contribution in [3.8, 4) is 5.75 Å². The number of carbonyl (C=O) groups excluding carboxylic acids is 4. The molecule has 0 saturated heterocycles. The van der Waals surface area contributed by atoms with Crippen LogP contribution in [0.3, 0.4) is 0 Å². The minimum atomic E-state index is -1.33. The van der Waals surface area contributed by atoms with Crippen molar-refractivity contribution in [3.63, 3.8) is 0 Å². The first-order valence-electron chi connectivity index (χ1n) is 16.6. The van der Waals surface area contributed by atoms with E-state index >= 15 is 0 Å². The van der Waals surface area contributed by atoms with Gasteiger partial charge in [-0.15, -0.1) is 0 Å². The Hall–Kier alpha value is -3.73. The van der Waals surface area contributed by atoms with Crippen LogP contribution in [-0.4, -0.2) is 75.7 Å². The van der Waals surface area contributed by atoms with Gasteiger partial charge in [0.1, 0.15) is 35.1 Å². The number of hydrogen-bond donors (Lipinski definition) is 3. The number of alkyl carbamates (subject to hydrolysis) is 1. The number of hydrogen-bond acceptors (Lipinski definition) is 8. The summed E-state index contributed by atoms with van der Waals surface area (Å²) in [7, 11) is 0. The van der Waals surface area contributed by atoms with E-state index in [1.807, 2.05) is 43.5 Å². The maximum atomic E-state index is 14.6. The van der Waals surface area contributed by atoms with Crippen LogP contribution in [0, 0.1) is 6.92 Å². The third kappa shape index (κ3) is 13.4. The van der Waals surface area contributed by atoms with Gasteiger partial charge in [-0.1, -0.05) is 68.3 Å². The number of thioether (sulfide) groups is 1. The number of benzene rings is 2. The molecule has 0 aromatic heterocycles. The highest BCUT2D eigenvalue weighted by Gasteiger charge is 2.39. The van der Waals surface area contributed by atoms with Gasteiger partial charge in [0.05, 0.1) is 0 Å². The topological polar surface area (TPSA) is 134 Å². The molecule has 2 rings (SSSR count). The van der Waals surface area contributed by atoms with Gasteiger partial charge in [0, 0.05) is 18.5 Å². The Balaban J connectivity index is 2.67. The molecule has 0 heterocycles. The quantitative estimate of drug-likeness (QED) is 0.135. The molecular weight excluding hydrogens is 630 g/mol. The second-order valence-corrected chi connectivity index (χ2v) is 14.9. The first kappa shape index (κ1) is 40.4. The van der Waals surface area contributed by atoms with Gasteiger partial charge in [-0.3, -0.25) is 9.59 Å². The Morgan fingerprint density at radius 1 is 0.875 bits per heavy atom. The number of phenolic OH excluding ortho intramolecular Hbond substituents is 1. The summed E-state index contributed by atoms with van der Waals surface area (Å²) in [5, 5.41) is 16.9. The fraction of sp³-hybridized carbons (Fsp3) is 0.568. The van der Waals surface area contributed by atoms with Crippen molar-refractivity contribution < 1.29 is 33.8 Å². The van der Waals surface area contributed by atoms with Crippen molar-refractivity contribution in [2.24, 2.45) is 0 Å². The highest BCUT2D eigenvalue weighted by molar-refractivity contribution is 7.98. The number of esters is 1. The third-order valence-corrected chi connectivity index (χ3v) is 7.94. The summed E-state index contributed by atoms with van der Waals surface area (Å²) in [6.45, 7) is 14.4. The molecule has 0 saturated carbocycles. The summed E-state index contributed by atoms with van der Waals surface area (Å²) in [4.78, 5) is 57.0. The van der Waals surface area contributed by atoms with E-state index in [0.717, 1.165) is 18.4 Å².